The van der Waals surface area contributed by atoms with Crippen molar-refractivity contribution >= 4 is 5.69 Å². The quantitative estimate of drug-likeness (QED) is 0.655. The van der Waals surface area contributed by atoms with Crippen LogP contribution >= 0.6 is 0 Å². The van der Waals surface area contributed by atoms with Crippen LogP contribution in [0, 0.1) is 23.0 Å². The summed E-state index contributed by atoms with van der Waals surface area (Å²) in [6.07, 6.45) is 4.52. The maximum atomic E-state index is 13.9. The van der Waals surface area contributed by atoms with Gasteiger partial charge in [0.05, 0.1) is 23.0 Å². The van der Waals surface area contributed by atoms with Gasteiger partial charge in [-0.1, -0.05) is 0 Å². The first-order valence-electron chi connectivity index (χ1n) is 9.63. The molecule has 152 valence electrons. The largest absolute Gasteiger partial charge is 0.487 e. The third-order valence-electron chi connectivity index (χ3n) is 5.15. The molecule has 0 atom stereocenters. The second-order valence-electron chi connectivity index (χ2n) is 7.14. The Bertz CT molecular complexity index is 1140. The highest BCUT2D eigenvalue weighted by molar-refractivity contribution is 5.65. The lowest BCUT2D eigenvalue weighted by molar-refractivity contribution is 0.163. The summed E-state index contributed by atoms with van der Waals surface area (Å²) in [7, 11) is 0. The number of benzene rings is 2. The summed E-state index contributed by atoms with van der Waals surface area (Å²) in [4.78, 5) is 13.6. The minimum atomic E-state index is -0.704. The van der Waals surface area contributed by atoms with Crippen molar-refractivity contribution < 1.29 is 13.5 Å². The Labute approximate surface area is 172 Å². The summed E-state index contributed by atoms with van der Waals surface area (Å²) in [5.74, 6) is -1.28. The van der Waals surface area contributed by atoms with Gasteiger partial charge in [-0.2, -0.15) is 5.26 Å². The molecule has 0 saturated carbocycles. The molecular formula is C23H19F2N3O2. The topological polar surface area (TPSA) is 58.3 Å². The van der Waals surface area contributed by atoms with Crippen LogP contribution in [0.3, 0.4) is 0 Å². The molecule has 7 heteroatoms. The first-order chi connectivity index (χ1) is 14.5. The van der Waals surface area contributed by atoms with Gasteiger partial charge in [-0.15, -0.1) is 0 Å². The summed E-state index contributed by atoms with van der Waals surface area (Å²) in [5, 5.41) is 9.28. The summed E-state index contributed by atoms with van der Waals surface area (Å²) in [6.45, 7) is 1.35. The predicted molar refractivity (Wildman–Crippen MR) is 109 cm³/mol. The second-order valence-corrected chi connectivity index (χ2v) is 7.14. The van der Waals surface area contributed by atoms with Gasteiger partial charge in [0.15, 0.2) is 17.0 Å². The third kappa shape index (κ3) is 4.18. The van der Waals surface area contributed by atoms with Gasteiger partial charge in [-0.05, 0) is 30.3 Å². The monoisotopic (exact) mass is 407 g/mol. The van der Waals surface area contributed by atoms with Crippen molar-refractivity contribution in [1.29, 1.82) is 5.26 Å². The van der Waals surface area contributed by atoms with Crippen LogP contribution < -0.4 is 15.1 Å². The maximum Gasteiger partial charge on any atom is 0.181 e. The summed E-state index contributed by atoms with van der Waals surface area (Å²) < 4.78 is 34.5. The number of aromatic nitrogens is 1. The molecule has 2 aromatic carbocycles. The Hall–Kier alpha value is -3.66. The molecule has 0 radical (unpaired) electrons. The molecule has 3 aromatic rings. The van der Waals surface area contributed by atoms with E-state index in [4.69, 9.17) is 4.74 Å². The fourth-order valence-electron chi connectivity index (χ4n) is 3.61. The lowest BCUT2D eigenvalue weighted by atomic mass is 10.1. The Morgan fingerprint density at radius 1 is 0.967 bits per heavy atom. The van der Waals surface area contributed by atoms with Gasteiger partial charge in [-0.3, -0.25) is 4.79 Å². The maximum absolute atomic E-state index is 13.9. The lowest BCUT2D eigenvalue weighted by Crippen LogP contribution is -2.38. The van der Waals surface area contributed by atoms with Crippen molar-refractivity contribution in [2.24, 2.45) is 0 Å². The molecule has 0 unspecified atom stereocenters. The van der Waals surface area contributed by atoms with Crippen molar-refractivity contribution in [1.82, 2.24) is 4.57 Å². The van der Waals surface area contributed by atoms with Crippen molar-refractivity contribution in [2.75, 3.05) is 18.0 Å². The van der Waals surface area contributed by atoms with E-state index in [0.717, 1.165) is 17.4 Å². The van der Waals surface area contributed by atoms with Crippen LogP contribution in [0.1, 0.15) is 18.4 Å². The first-order valence-corrected chi connectivity index (χ1v) is 9.63. The second kappa shape index (κ2) is 8.37. The molecule has 0 bridgehead atoms. The number of rotatable bonds is 4. The highest BCUT2D eigenvalue weighted by Crippen LogP contribution is 2.30. The molecule has 1 aliphatic heterocycles. The minimum absolute atomic E-state index is 0.0576. The highest BCUT2D eigenvalue weighted by atomic mass is 19.1. The van der Waals surface area contributed by atoms with Gasteiger partial charge in [0.2, 0.25) is 0 Å². The molecule has 4 rings (SSSR count). The van der Waals surface area contributed by atoms with E-state index in [1.807, 2.05) is 10.6 Å². The van der Waals surface area contributed by atoms with Crippen LogP contribution in [0.15, 0.2) is 65.7 Å². The molecule has 1 aliphatic rings. The van der Waals surface area contributed by atoms with E-state index in [1.165, 1.54) is 24.3 Å². The van der Waals surface area contributed by atoms with Gasteiger partial charge in [0.1, 0.15) is 11.9 Å². The van der Waals surface area contributed by atoms with E-state index in [1.54, 1.807) is 24.5 Å². The molecule has 0 spiro atoms. The average molecular weight is 407 g/mol. The van der Waals surface area contributed by atoms with Crippen molar-refractivity contribution in [3.8, 4) is 17.5 Å². The molecule has 5 nitrogen and oxygen atoms in total. The summed E-state index contributed by atoms with van der Waals surface area (Å²) in [6, 6.07) is 13.8. The van der Waals surface area contributed by atoms with Crippen molar-refractivity contribution in [2.45, 2.75) is 18.9 Å². The van der Waals surface area contributed by atoms with E-state index in [9.17, 15) is 18.8 Å². The Morgan fingerprint density at radius 3 is 2.37 bits per heavy atom. The number of piperidine rings is 1. The van der Waals surface area contributed by atoms with E-state index in [0.29, 0.717) is 31.5 Å². The molecule has 0 amide bonds. The highest BCUT2D eigenvalue weighted by Gasteiger charge is 2.23. The molecule has 0 N–H and O–H groups in total. The van der Waals surface area contributed by atoms with Crippen LogP contribution in [0.4, 0.5) is 14.5 Å². The van der Waals surface area contributed by atoms with E-state index < -0.39 is 11.6 Å². The van der Waals surface area contributed by atoms with Crippen LogP contribution in [-0.2, 0) is 0 Å². The number of nitrogens with zero attached hydrogens (tertiary/aromatic N) is 3. The summed E-state index contributed by atoms with van der Waals surface area (Å²) in [5.41, 5.74) is 2.18. The van der Waals surface area contributed by atoms with E-state index in [2.05, 4.69) is 11.0 Å². The van der Waals surface area contributed by atoms with Crippen LogP contribution in [0.2, 0.25) is 0 Å². The van der Waals surface area contributed by atoms with Gasteiger partial charge in [0, 0.05) is 56.5 Å². The third-order valence-corrected chi connectivity index (χ3v) is 5.15. The number of pyridine rings is 1. The standard InChI is InChI=1S/C23H19F2N3O2/c24-17-2-4-23(20(25)14-17)30-19-7-11-27(12-8-19)21-3-1-16(15-26)13-22(21)28-9-5-18(29)6-10-28/h1-6,9-10,13-14,19H,7-8,11-12H2. The fraction of sp³-hybridized carbons (Fsp3) is 0.217. The Morgan fingerprint density at radius 2 is 1.70 bits per heavy atom. The molecule has 1 aromatic heterocycles. The Kier molecular flexibility index (Phi) is 5.48. The molecule has 30 heavy (non-hydrogen) atoms. The van der Waals surface area contributed by atoms with Crippen LogP contribution in [0.25, 0.3) is 5.69 Å². The molecule has 0 aliphatic carbocycles. The van der Waals surface area contributed by atoms with Gasteiger partial charge in [0.25, 0.3) is 0 Å². The van der Waals surface area contributed by atoms with Crippen molar-refractivity contribution in [3.05, 3.63) is 88.3 Å². The predicted octanol–water partition coefficient (Wildman–Crippen LogP) is 4.04. The Balaban J connectivity index is 1.52. The normalized spacial score (nSPS) is 14.4. The molecule has 2 heterocycles. The number of ether oxygens (including phenoxy) is 1. The van der Waals surface area contributed by atoms with Gasteiger partial charge < -0.3 is 14.2 Å². The van der Waals surface area contributed by atoms with E-state index >= 15 is 0 Å². The van der Waals surface area contributed by atoms with Gasteiger partial charge >= 0.3 is 0 Å². The van der Waals surface area contributed by atoms with Crippen LogP contribution in [0.5, 0.6) is 5.75 Å². The fourth-order valence-corrected chi connectivity index (χ4v) is 3.61. The number of hydrogen-bond donors (Lipinski definition) is 0. The SMILES string of the molecule is N#Cc1ccc(N2CCC(Oc3ccc(F)cc3F)CC2)c(-n2ccc(=O)cc2)c1. The summed E-state index contributed by atoms with van der Waals surface area (Å²) >= 11 is 0. The molecule has 1 saturated heterocycles. The number of nitriles is 1. The van der Waals surface area contributed by atoms with E-state index in [-0.39, 0.29) is 17.3 Å². The number of halogens is 2. The first kappa shape index (κ1) is 19.6. The molecular weight excluding hydrogens is 388 g/mol. The lowest BCUT2D eigenvalue weighted by Gasteiger charge is -2.35. The van der Waals surface area contributed by atoms with Crippen molar-refractivity contribution in [3.63, 3.8) is 0 Å². The number of anilines is 1. The zero-order chi connectivity index (χ0) is 21.1. The smallest absolute Gasteiger partial charge is 0.181 e. The average Bonchev–Trinajstić information content (AvgIpc) is 2.76. The minimum Gasteiger partial charge on any atom is -0.487 e. The molecule has 1 fully saturated rings. The van der Waals surface area contributed by atoms with Crippen LogP contribution in [-0.4, -0.2) is 23.8 Å². The zero-order valence-corrected chi connectivity index (χ0v) is 16.1. The number of hydrogen-bond acceptors (Lipinski definition) is 4. The zero-order valence-electron chi connectivity index (χ0n) is 16.1. The van der Waals surface area contributed by atoms with Gasteiger partial charge in [-0.25, -0.2) is 8.78 Å².